The first-order valence-electron chi connectivity index (χ1n) is 8.87. The van der Waals surface area contributed by atoms with E-state index in [1.807, 2.05) is 48.5 Å². The van der Waals surface area contributed by atoms with Crippen LogP contribution in [0.5, 0.6) is 0 Å². The number of rotatable bonds is 2. The Morgan fingerprint density at radius 2 is 1.59 bits per heavy atom. The number of fused-ring (bicyclic) bond motifs is 2. The summed E-state index contributed by atoms with van der Waals surface area (Å²) in [4.78, 5) is 17.1. The zero-order valence-corrected chi connectivity index (χ0v) is 17.3. The second kappa shape index (κ2) is 7.30. The Balaban J connectivity index is 1.59. The number of benzene rings is 3. The fourth-order valence-electron chi connectivity index (χ4n) is 3.31. The van der Waals surface area contributed by atoms with Gasteiger partial charge in [0.05, 0.1) is 11.4 Å². The van der Waals surface area contributed by atoms with Crippen molar-refractivity contribution in [3.8, 4) is 11.3 Å². The van der Waals surface area contributed by atoms with Crippen molar-refractivity contribution < 1.29 is 9.21 Å². The lowest BCUT2D eigenvalue weighted by atomic mass is 10.2. The molecule has 2 heterocycles. The smallest absolute Gasteiger partial charge is 0.298 e. The van der Waals surface area contributed by atoms with Crippen molar-refractivity contribution >= 4 is 52.2 Å². The fraction of sp³-hybridized carbons (Fsp3) is 0. The third kappa shape index (κ3) is 3.33. The van der Waals surface area contributed by atoms with Crippen LogP contribution in [0, 0.1) is 0 Å². The molecule has 3 nitrogen and oxygen atoms in total. The number of hydrogen-bond acceptors (Lipinski definition) is 3. The lowest BCUT2D eigenvalue weighted by molar-refractivity contribution is 0.0972. The maximum Gasteiger partial charge on any atom is 0.298 e. The predicted octanol–water partition coefficient (Wildman–Crippen LogP) is 7.70. The van der Waals surface area contributed by atoms with Gasteiger partial charge in [-0.25, -0.2) is 0 Å². The molecule has 0 saturated heterocycles. The summed E-state index contributed by atoms with van der Waals surface area (Å²) in [6.45, 7) is 0. The van der Waals surface area contributed by atoms with E-state index in [1.165, 1.54) is 0 Å². The van der Waals surface area contributed by atoms with E-state index in [4.69, 9.17) is 27.6 Å². The minimum absolute atomic E-state index is 0.243. The molecule has 4 aromatic rings. The van der Waals surface area contributed by atoms with E-state index in [1.54, 1.807) is 47.0 Å². The molecule has 1 aromatic heterocycles. The third-order valence-corrected chi connectivity index (χ3v) is 6.22. The largest absolute Gasteiger partial charge is 0.451 e. The van der Waals surface area contributed by atoms with Gasteiger partial charge in [-0.1, -0.05) is 59.2 Å². The Hall–Kier alpha value is -2.66. The van der Waals surface area contributed by atoms with Gasteiger partial charge in [-0.3, -0.25) is 9.69 Å². The van der Waals surface area contributed by atoms with Crippen molar-refractivity contribution in [2.45, 2.75) is 9.79 Å². The number of anilines is 2. The molecule has 1 aliphatic heterocycles. The van der Waals surface area contributed by atoms with E-state index < -0.39 is 0 Å². The Bertz CT molecular complexity index is 1250. The molecule has 0 unspecified atom stereocenters. The number of furan rings is 1. The Morgan fingerprint density at radius 1 is 0.793 bits per heavy atom. The molecular formula is C23H13Cl2NO2S. The third-order valence-electron chi connectivity index (χ3n) is 4.62. The molecule has 0 bridgehead atoms. The van der Waals surface area contributed by atoms with Crippen LogP contribution < -0.4 is 4.90 Å². The molecule has 6 heteroatoms. The molecule has 0 spiro atoms. The number of hydrogen-bond donors (Lipinski definition) is 0. The summed E-state index contributed by atoms with van der Waals surface area (Å²) in [6.07, 6.45) is 0. The van der Waals surface area contributed by atoms with Gasteiger partial charge in [0.15, 0.2) is 5.76 Å². The molecule has 0 atom stereocenters. The summed E-state index contributed by atoms with van der Waals surface area (Å²) < 4.78 is 5.91. The number of para-hydroxylation sites is 1. The Morgan fingerprint density at radius 3 is 2.45 bits per heavy atom. The highest BCUT2D eigenvalue weighted by Gasteiger charge is 2.30. The van der Waals surface area contributed by atoms with Crippen LogP contribution in [0.2, 0.25) is 10.0 Å². The van der Waals surface area contributed by atoms with Crippen molar-refractivity contribution in [3.63, 3.8) is 0 Å². The van der Waals surface area contributed by atoms with Gasteiger partial charge in [0.2, 0.25) is 0 Å². The quantitative estimate of drug-likeness (QED) is 0.322. The summed E-state index contributed by atoms with van der Waals surface area (Å²) in [5, 5.41) is 1.18. The van der Waals surface area contributed by atoms with Gasteiger partial charge < -0.3 is 4.42 Å². The van der Waals surface area contributed by atoms with E-state index in [0.717, 1.165) is 26.7 Å². The topological polar surface area (TPSA) is 33.5 Å². The second-order valence-electron chi connectivity index (χ2n) is 6.50. The van der Waals surface area contributed by atoms with Crippen LogP contribution in [-0.4, -0.2) is 5.91 Å². The Labute approximate surface area is 181 Å². The van der Waals surface area contributed by atoms with Crippen molar-refractivity contribution in [2.24, 2.45) is 0 Å². The first-order valence-corrected chi connectivity index (χ1v) is 10.4. The van der Waals surface area contributed by atoms with Gasteiger partial charge in [0.1, 0.15) is 5.76 Å². The minimum atomic E-state index is -0.255. The first kappa shape index (κ1) is 18.4. The van der Waals surface area contributed by atoms with E-state index >= 15 is 0 Å². The highest BCUT2D eigenvalue weighted by Crippen LogP contribution is 2.49. The summed E-state index contributed by atoms with van der Waals surface area (Å²) in [7, 11) is 0. The van der Waals surface area contributed by atoms with Crippen molar-refractivity contribution in [1.29, 1.82) is 0 Å². The second-order valence-corrected chi connectivity index (χ2v) is 8.45. The Kier molecular flexibility index (Phi) is 4.63. The molecule has 1 amide bonds. The number of carbonyl (C=O) groups excluding carboxylic acids is 1. The molecule has 0 fully saturated rings. The predicted molar refractivity (Wildman–Crippen MR) is 118 cm³/mol. The highest BCUT2D eigenvalue weighted by molar-refractivity contribution is 7.99. The molecule has 29 heavy (non-hydrogen) atoms. The lowest BCUT2D eigenvalue weighted by Crippen LogP contribution is -2.28. The van der Waals surface area contributed by atoms with E-state index in [-0.39, 0.29) is 11.7 Å². The van der Waals surface area contributed by atoms with Crippen LogP contribution in [0.1, 0.15) is 10.6 Å². The number of amides is 1. The average molecular weight is 438 g/mol. The highest BCUT2D eigenvalue weighted by atomic mass is 35.5. The van der Waals surface area contributed by atoms with Gasteiger partial charge in [0, 0.05) is 25.4 Å². The number of carbonyl (C=O) groups is 1. The van der Waals surface area contributed by atoms with Crippen LogP contribution in [0.15, 0.2) is 93.1 Å². The maximum atomic E-state index is 13.5. The fourth-order valence-corrected chi connectivity index (χ4v) is 4.70. The van der Waals surface area contributed by atoms with E-state index in [0.29, 0.717) is 15.8 Å². The molecule has 0 radical (unpaired) electrons. The van der Waals surface area contributed by atoms with Crippen LogP contribution >= 0.6 is 35.0 Å². The van der Waals surface area contributed by atoms with Crippen LogP contribution in [0.3, 0.4) is 0 Å². The normalized spacial score (nSPS) is 12.4. The van der Waals surface area contributed by atoms with Crippen molar-refractivity contribution in [3.05, 3.63) is 94.7 Å². The minimum Gasteiger partial charge on any atom is -0.451 e. The van der Waals surface area contributed by atoms with Crippen LogP contribution in [0.25, 0.3) is 11.3 Å². The average Bonchev–Trinajstić information content (AvgIpc) is 3.22. The van der Waals surface area contributed by atoms with Crippen molar-refractivity contribution in [2.75, 3.05) is 4.90 Å². The zero-order chi connectivity index (χ0) is 20.0. The molecule has 142 valence electrons. The summed E-state index contributed by atoms with van der Waals surface area (Å²) in [5.41, 5.74) is 2.36. The summed E-state index contributed by atoms with van der Waals surface area (Å²) in [5.74, 6) is 0.573. The van der Waals surface area contributed by atoms with Crippen molar-refractivity contribution in [1.82, 2.24) is 0 Å². The van der Waals surface area contributed by atoms with Crippen LogP contribution in [0.4, 0.5) is 11.4 Å². The SMILES string of the molecule is O=C(c1ccc(-c2cccc(Cl)c2)o1)N1c2ccccc2Sc2ccc(Cl)cc21. The van der Waals surface area contributed by atoms with E-state index in [9.17, 15) is 4.79 Å². The van der Waals surface area contributed by atoms with Crippen LogP contribution in [-0.2, 0) is 0 Å². The van der Waals surface area contributed by atoms with E-state index in [2.05, 4.69) is 0 Å². The molecule has 0 saturated carbocycles. The van der Waals surface area contributed by atoms with Gasteiger partial charge in [-0.05, 0) is 54.6 Å². The maximum absolute atomic E-state index is 13.5. The molecule has 0 N–H and O–H groups in total. The molecule has 5 rings (SSSR count). The number of nitrogens with zero attached hydrogens (tertiary/aromatic N) is 1. The monoisotopic (exact) mass is 437 g/mol. The number of halogens is 2. The van der Waals surface area contributed by atoms with Gasteiger partial charge >= 0.3 is 0 Å². The molecule has 1 aliphatic rings. The summed E-state index contributed by atoms with van der Waals surface area (Å²) in [6, 6.07) is 24.1. The standard InChI is InChI=1S/C23H13Cl2NO2S/c24-15-5-3-4-14(12-15)19-9-10-20(28-19)23(27)26-17-6-1-2-7-21(17)29-22-11-8-16(25)13-18(22)26/h1-13H. The molecular weight excluding hydrogens is 425 g/mol. The summed E-state index contributed by atoms with van der Waals surface area (Å²) >= 11 is 13.9. The van der Waals surface area contributed by atoms with Gasteiger partial charge in [0.25, 0.3) is 5.91 Å². The first-order chi connectivity index (χ1) is 14.1. The zero-order valence-electron chi connectivity index (χ0n) is 14.9. The lowest BCUT2D eigenvalue weighted by Gasteiger charge is -2.30. The molecule has 0 aliphatic carbocycles. The van der Waals surface area contributed by atoms with Gasteiger partial charge in [-0.2, -0.15) is 0 Å². The van der Waals surface area contributed by atoms with Gasteiger partial charge in [-0.15, -0.1) is 0 Å². The molecule has 3 aromatic carbocycles.